The highest BCUT2D eigenvalue weighted by atomic mass is 16.5. The summed E-state index contributed by atoms with van der Waals surface area (Å²) in [6, 6.07) is 0. The molecule has 0 radical (unpaired) electrons. The summed E-state index contributed by atoms with van der Waals surface area (Å²) in [5.41, 5.74) is 3.32. The number of ether oxygens (including phenoxy) is 1. The van der Waals surface area contributed by atoms with E-state index >= 15 is 0 Å². The largest absolute Gasteiger partial charge is 0.480 e. The van der Waals surface area contributed by atoms with E-state index in [1.165, 1.54) is 4.68 Å². The van der Waals surface area contributed by atoms with Crippen LogP contribution in [0, 0.1) is 6.92 Å². The molecule has 0 atom stereocenters. The Balaban J connectivity index is 1.70. The summed E-state index contributed by atoms with van der Waals surface area (Å²) in [5, 5.41) is 13.4. The lowest BCUT2D eigenvalue weighted by Crippen LogP contribution is -2.40. The van der Waals surface area contributed by atoms with E-state index in [0.29, 0.717) is 38.5 Å². The van der Waals surface area contributed by atoms with Crippen LogP contribution in [0.4, 0.5) is 0 Å². The zero-order chi connectivity index (χ0) is 17.6. The van der Waals surface area contributed by atoms with Gasteiger partial charge in [0, 0.05) is 36.8 Å². The van der Waals surface area contributed by atoms with Crippen LogP contribution in [-0.4, -0.2) is 58.0 Å². The Kier molecular flexibility index (Phi) is 3.84. The van der Waals surface area contributed by atoms with Crippen molar-refractivity contribution >= 4 is 11.9 Å². The molecular weight excluding hydrogens is 326 g/mol. The van der Waals surface area contributed by atoms with Gasteiger partial charge in [-0.05, 0) is 18.9 Å². The smallest absolute Gasteiger partial charge is 0.325 e. The third-order valence-electron chi connectivity index (χ3n) is 4.71. The molecule has 1 amide bonds. The number of carboxylic acid groups (broad SMARTS) is 1. The zero-order valence-electron chi connectivity index (χ0n) is 13.9. The summed E-state index contributed by atoms with van der Waals surface area (Å²) in [5.74, 6) is 0.0450. The second kappa shape index (κ2) is 6.03. The van der Waals surface area contributed by atoms with Crippen LogP contribution in [0.15, 0.2) is 10.6 Å². The fourth-order valence-corrected chi connectivity index (χ4v) is 3.50. The predicted octanol–water partition coefficient (Wildman–Crippen LogP) is 1.11. The molecule has 2 aromatic heterocycles. The zero-order valence-corrected chi connectivity index (χ0v) is 13.9. The van der Waals surface area contributed by atoms with Gasteiger partial charge in [-0.3, -0.25) is 14.3 Å². The van der Waals surface area contributed by atoms with Crippen LogP contribution in [-0.2, 0) is 28.9 Å². The number of carboxylic acids is 1. The number of rotatable bonds is 3. The molecule has 1 aliphatic heterocycles. The van der Waals surface area contributed by atoms with Crippen molar-refractivity contribution in [1.82, 2.24) is 14.7 Å². The molecule has 0 aromatic carbocycles. The van der Waals surface area contributed by atoms with Gasteiger partial charge in [0.2, 0.25) is 0 Å². The minimum Gasteiger partial charge on any atom is -0.480 e. The van der Waals surface area contributed by atoms with Crippen LogP contribution in [0.3, 0.4) is 0 Å². The molecule has 8 heteroatoms. The highest BCUT2D eigenvalue weighted by Crippen LogP contribution is 2.38. The van der Waals surface area contributed by atoms with Crippen molar-refractivity contribution < 1.29 is 23.8 Å². The second-order valence-electron chi connectivity index (χ2n) is 6.35. The van der Waals surface area contributed by atoms with Gasteiger partial charge in [-0.25, -0.2) is 0 Å². The monoisotopic (exact) mass is 345 g/mol. The Morgan fingerprint density at radius 3 is 2.76 bits per heavy atom. The van der Waals surface area contributed by atoms with Crippen molar-refractivity contribution in [2.75, 3.05) is 26.3 Å². The van der Waals surface area contributed by atoms with Gasteiger partial charge in [0.25, 0.3) is 5.91 Å². The van der Waals surface area contributed by atoms with E-state index in [9.17, 15) is 9.59 Å². The normalized spacial score (nSPS) is 16.4. The van der Waals surface area contributed by atoms with E-state index in [1.54, 1.807) is 11.1 Å². The number of aryl methyl sites for hydroxylation is 2. The van der Waals surface area contributed by atoms with Crippen molar-refractivity contribution in [3.05, 3.63) is 28.8 Å². The summed E-state index contributed by atoms with van der Waals surface area (Å²) in [7, 11) is 0. The van der Waals surface area contributed by atoms with Gasteiger partial charge >= 0.3 is 5.97 Å². The number of aromatic nitrogens is 2. The molecular formula is C17H19N3O5. The first-order valence-corrected chi connectivity index (χ1v) is 8.32. The van der Waals surface area contributed by atoms with Gasteiger partial charge in [-0.15, -0.1) is 0 Å². The summed E-state index contributed by atoms with van der Waals surface area (Å²) in [6.07, 6.45) is 3.17. The minimum atomic E-state index is -0.938. The third kappa shape index (κ3) is 2.72. The molecule has 1 saturated heterocycles. The number of hydrogen-bond donors (Lipinski definition) is 1. The van der Waals surface area contributed by atoms with Crippen LogP contribution in [0.5, 0.6) is 0 Å². The first-order chi connectivity index (χ1) is 12.0. The van der Waals surface area contributed by atoms with E-state index in [-0.39, 0.29) is 12.5 Å². The number of furan rings is 1. The molecule has 1 fully saturated rings. The molecule has 0 spiro atoms. The van der Waals surface area contributed by atoms with E-state index in [0.717, 1.165) is 34.6 Å². The lowest BCUT2D eigenvalue weighted by molar-refractivity contribution is -0.137. The summed E-state index contributed by atoms with van der Waals surface area (Å²) < 4.78 is 12.6. The summed E-state index contributed by atoms with van der Waals surface area (Å²) in [4.78, 5) is 25.4. The third-order valence-corrected chi connectivity index (χ3v) is 4.71. The number of morpholine rings is 1. The van der Waals surface area contributed by atoms with Crippen molar-refractivity contribution in [3.8, 4) is 11.3 Å². The molecule has 25 heavy (non-hydrogen) atoms. The van der Waals surface area contributed by atoms with Crippen LogP contribution in [0.1, 0.15) is 27.4 Å². The van der Waals surface area contributed by atoms with Gasteiger partial charge in [0.05, 0.1) is 18.9 Å². The Labute approximate surface area is 144 Å². The van der Waals surface area contributed by atoms with Gasteiger partial charge in [0.15, 0.2) is 5.76 Å². The quantitative estimate of drug-likeness (QED) is 0.895. The number of fused-ring (bicyclic) bond motifs is 3. The molecule has 0 saturated carbocycles. The summed E-state index contributed by atoms with van der Waals surface area (Å²) in [6.45, 7) is 3.87. The van der Waals surface area contributed by atoms with Crippen molar-refractivity contribution in [1.29, 1.82) is 0 Å². The molecule has 132 valence electrons. The van der Waals surface area contributed by atoms with E-state index in [1.807, 2.05) is 6.92 Å². The standard InChI is InChI=1S/C17H19N3O5/c1-10-14-12(25-16(10)17(23)19-4-6-24-7-5-19)3-2-11-8-20(9-13(21)22)18-15(11)14/h8H,2-7,9H2,1H3,(H,21,22). The number of carbonyl (C=O) groups is 2. The number of hydrogen-bond acceptors (Lipinski definition) is 5. The van der Waals surface area contributed by atoms with E-state index < -0.39 is 5.97 Å². The number of aliphatic carboxylic acids is 1. The Bertz CT molecular complexity index is 845. The second-order valence-corrected chi connectivity index (χ2v) is 6.35. The van der Waals surface area contributed by atoms with Gasteiger partial charge in [-0.1, -0.05) is 0 Å². The molecule has 1 aliphatic carbocycles. The van der Waals surface area contributed by atoms with Crippen LogP contribution in [0.2, 0.25) is 0 Å². The molecule has 1 N–H and O–H groups in total. The molecule has 2 aliphatic rings. The molecule has 8 nitrogen and oxygen atoms in total. The maximum Gasteiger partial charge on any atom is 0.325 e. The SMILES string of the molecule is Cc1c(C(=O)N2CCOCC2)oc2c1-c1nn(CC(=O)O)cc1CC2. The highest BCUT2D eigenvalue weighted by Gasteiger charge is 2.32. The molecule has 0 bridgehead atoms. The van der Waals surface area contributed by atoms with E-state index in [4.69, 9.17) is 14.3 Å². The first kappa shape index (κ1) is 15.9. The number of amides is 1. The topological polar surface area (TPSA) is 97.8 Å². The highest BCUT2D eigenvalue weighted by molar-refractivity contribution is 5.95. The van der Waals surface area contributed by atoms with Crippen molar-refractivity contribution in [3.63, 3.8) is 0 Å². The maximum absolute atomic E-state index is 12.8. The Morgan fingerprint density at radius 2 is 2.04 bits per heavy atom. The average molecular weight is 345 g/mol. The van der Waals surface area contributed by atoms with Crippen LogP contribution < -0.4 is 0 Å². The van der Waals surface area contributed by atoms with Gasteiger partial charge in [0.1, 0.15) is 12.3 Å². The number of carbonyl (C=O) groups excluding carboxylic acids is 1. The lowest BCUT2D eigenvalue weighted by atomic mass is 9.93. The van der Waals surface area contributed by atoms with Gasteiger partial charge < -0.3 is 19.2 Å². The van der Waals surface area contributed by atoms with Gasteiger partial charge in [-0.2, -0.15) is 5.10 Å². The predicted molar refractivity (Wildman–Crippen MR) is 86.4 cm³/mol. The average Bonchev–Trinajstić information content (AvgIpc) is 3.14. The molecule has 0 unspecified atom stereocenters. The molecule has 2 aromatic rings. The fraction of sp³-hybridized carbons (Fsp3) is 0.471. The molecule has 4 rings (SSSR count). The van der Waals surface area contributed by atoms with Crippen LogP contribution in [0.25, 0.3) is 11.3 Å². The van der Waals surface area contributed by atoms with Crippen molar-refractivity contribution in [2.24, 2.45) is 0 Å². The Hall–Kier alpha value is -2.61. The lowest BCUT2D eigenvalue weighted by Gasteiger charge is -2.26. The van der Waals surface area contributed by atoms with Crippen LogP contribution >= 0.6 is 0 Å². The van der Waals surface area contributed by atoms with Crippen molar-refractivity contribution in [2.45, 2.75) is 26.3 Å². The fourth-order valence-electron chi connectivity index (χ4n) is 3.50. The molecule has 3 heterocycles. The maximum atomic E-state index is 12.8. The van der Waals surface area contributed by atoms with E-state index in [2.05, 4.69) is 5.10 Å². The Morgan fingerprint density at radius 1 is 1.28 bits per heavy atom. The first-order valence-electron chi connectivity index (χ1n) is 8.32. The summed E-state index contributed by atoms with van der Waals surface area (Å²) >= 11 is 0. The minimum absolute atomic E-state index is 0.123. The number of nitrogens with zero attached hydrogens (tertiary/aromatic N) is 3.